The number of ether oxygens (including phenoxy) is 4. The van der Waals surface area contributed by atoms with Gasteiger partial charge < -0.3 is 18.9 Å². The molecule has 0 atom stereocenters. The first-order chi connectivity index (χ1) is 16.4. The van der Waals surface area contributed by atoms with E-state index in [1.165, 1.54) is 48.6 Å². The molecule has 0 aliphatic rings. The van der Waals surface area contributed by atoms with Gasteiger partial charge in [0, 0.05) is 0 Å². The zero-order chi connectivity index (χ0) is 25.1. The van der Waals surface area contributed by atoms with E-state index in [4.69, 9.17) is 18.9 Å². The third-order valence-electron chi connectivity index (χ3n) is 4.31. The summed E-state index contributed by atoms with van der Waals surface area (Å²) in [5.41, 5.74) is -0.165. The number of carbonyl (C=O) groups excluding carboxylic acids is 4. The van der Waals surface area contributed by atoms with Crippen molar-refractivity contribution in [1.29, 1.82) is 0 Å². The molecular weight excluding hydrogens is 440 g/mol. The van der Waals surface area contributed by atoms with Crippen LogP contribution in [0.1, 0.15) is 41.4 Å². The van der Waals surface area contributed by atoms with Crippen molar-refractivity contribution in [2.45, 2.75) is 0 Å². The van der Waals surface area contributed by atoms with Crippen molar-refractivity contribution in [3.05, 3.63) is 97.1 Å². The summed E-state index contributed by atoms with van der Waals surface area (Å²) in [6, 6.07) is 5.26. The third kappa shape index (κ3) is 6.29. The van der Waals surface area contributed by atoms with Crippen molar-refractivity contribution in [1.82, 2.24) is 0 Å². The Kier molecular flexibility index (Phi) is 9.52. The van der Waals surface area contributed by atoms with Crippen LogP contribution in [0.2, 0.25) is 0 Å². The van der Waals surface area contributed by atoms with Gasteiger partial charge in [0.25, 0.3) is 0 Å². The van der Waals surface area contributed by atoms with Crippen LogP contribution in [0.15, 0.2) is 74.9 Å². The summed E-state index contributed by atoms with van der Waals surface area (Å²) in [6.07, 6.45) is 5.52. The number of rotatable bonds is 12. The number of benzene rings is 2. The summed E-state index contributed by atoms with van der Waals surface area (Å²) in [7, 11) is 0. The lowest BCUT2D eigenvalue weighted by molar-refractivity contribution is 0.0528. The minimum absolute atomic E-state index is 0.0142. The van der Waals surface area contributed by atoms with Crippen molar-refractivity contribution in [2.75, 3.05) is 26.4 Å². The number of hydrogen-bond donors (Lipinski definition) is 0. The molecule has 176 valence electrons. The zero-order valence-electron chi connectivity index (χ0n) is 18.5. The SMILES string of the molecule is C=CCOC(=O)c1cc(C(=O)OCC=C)c2cc(C(=O)OCC=C)cc(C(=O)OCC=C)c2c1. The summed E-state index contributed by atoms with van der Waals surface area (Å²) >= 11 is 0. The Balaban J connectivity index is 2.82. The number of fused-ring (bicyclic) bond motifs is 1. The highest BCUT2D eigenvalue weighted by Crippen LogP contribution is 2.29. The van der Waals surface area contributed by atoms with Crippen LogP contribution >= 0.6 is 0 Å². The van der Waals surface area contributed by atoms with Crippen LogP contribution in [-0.4, -0.2) is 50.3 Å². The molecule has 0 aromatic heterocycles. The Labute approximate surface area is 196 Å². The van der Waals surface area contributed by atoms with Gasteiger partial charge in [0.15, 0.2) is 0 Å². The molecule has 0 saturated carbocycles. The summed E-state index contributed by atoms with van der Waals surface area (Å²) in [6.45, 7) is 13.7. The van der Waals surface area contributed by atoms with E-state index in [9.17, 15) is 19.2 Å². The molecule has 8 heteroatoms. The minimum atomic E-state index is -0.801. The molecule has 0 spiro atoms. The molecular formula is C26H24O8. The van der Waals surface area contributed by atoms with Crippen LogP contribution in [0, 0.1) is 0 Å². The molecule has 0 amide bonds. The van der Waals surface area contributed by atoms with Gasteiger partial charge in [-0.05, 0) is 35.0 Å². The molecule has 2 aromatic carbocycles. The van der Waals surface area contributed by atoms with Crippen LogP contribution in [0.5, 0.6) is 0 Å². The second kappa shape index (κ2) is 12.5. The maximum absolute atomic E-state index is 12.8. The van der Waals surface area contributed by atoms with E-state index in [1.807, 2.05) is 0 Å². The van der Waals surface area contributed by atoms with Crippen molar-refractivity contribution >= 4 is 34.6 Å². The lowest BCUT2D eigenvalue weighted by atomic mass is 9.94. The van der Waals surface area contributed by atoms with Crippen molar-refractivity contribution in [3.63, 3.8) is 0 Å². The molecule has 2 rings (SSSR count). The van der Waals surface area contributed by atoms with Crippen LogP contribution in [0.25, 0.3) is 10.8 Å². The molecule has 0 heterocycles. The van der Waals surface area contributed by atoms with Gasteiger partial charge in [-0.1, -0.05) is 50.6 Å². The van der Waals surface area contributed by atoms with E-state index in [2.05, 4.69) is 26.3 Å². The fourth-order valence-corrected chi connectivity index (χ4v) is 2.90. The van der Waals surface area contributed by atoms with E-state index in [-0.39, 0.29) is 59.5 Å². The Morgan fingerprint density at radius 1 is 0.529 bits per heavy atom. The van der Waals surface area contributed by atoms with E-state index < -0.39 is 23.9 Å². The van der Waals surface area contributed by atoms with E-state index in [0.29, 0.717) is 0 Å². The third-order valence-corrected chi connectivity index (χ3v) is 4.31. The summed E-state index contributed by atoms with van der Waals surface area (Å²) in [4.78, 5) is 50.7. The van der Waals surface area contributed by atoms with Crippen molar-refractivity contribution < 1.29 is 38.1 Å². The molecule has 8 nitrogen and oxygen atoms in total. The van der Waals surface area contributed by atoms with E-state index in [1.54, 1.807) is 0 Å². The van der Waals surface area contributed by atoms with Crippen LogP contribution in [0.3, 0.4) is 0 Å². The first-order valence-corrected chi connectivity index (χ1v) is 10.1. The van der Waals surface area contributed by atoms with Gasteiger partial charge in [0.2, 0.25) is 0 Å². The van der Waals surface area contributed by atoms with Crippen LogP contribution < -0.4 is 0 Å². The van der Waals surface area contributed by atoms with Gasteiger partial charge >= 0.3 is 23.9 Å². The molecule has 0 fully saturated rings. The zero-order valence-corrected chi connectivity index (χ0v) is 18.5. The quantitative estimate of drug-likeness (QED) is 0.261. The van der Waals surface area contributed by atoms with E-state index in [0.717, 1.165) is 0 Å². The molecule has 34 heavy (non-hydrogen) atoms. The fraction of sp³-hybridized carbons (Fsp3) is 0.154. The molecule has 0 saturated heterocycles. The lowest BCUT2D eigenvalue weighted by Gasteiger charge is -2.14. The standard InChI is InChI=1S/C26H24O8/c1-5-9-31-23(27)17-13-19-20(21(15-17)25(29)33-11-7-3)14-18(24(28)32-10-6-2)16-22(19)26(30)34-12-8-4/h5-8,13-16H,1-4,9-12H2. The average molecular weight is 464 g/mol. The topological polar surface area (TPSA) is 105 Å². The highest BCUT2D eigenvalue weighted by molar-refractivity contribution is 6.15. The maximum atomic E-state index is 12.8. The Morgan fingerprint density at radius 2 is 0.824 bits per heavy atom. The molecule has 0 radical (unpaired) electrons. The normalized spacial score (nSPS) is 10.0. The highest BCUT2D eigenvalue weighted by Gasteiger charge is 2.24. The van der Waals surface area contributed by atoms with Crippen molar-refractivity contribution in [2.24, 2.45) is 0 Å². The van der Waals surface area contributed by atoms with E-state index >= 15 is 0 Å². The molecule has 2 aromatic rings. The molecule has 0 unspecified atom stereocenters. The Bertz CT molecular complexity index is 1070. The summed E-state index contributed by atoms with van der Waals surface area (Å²) in [5, 5.41) is 0.348. The number of hydrogen-bond acceptors (Lipinski definition) is 8. The van der Waals surface area contributed by atoms with Gasteiger partial charge in [-0.2, -0.15) is 0 Å². The van der Waals surface area contributed by atoms with Gasteiger partial charge in [0.1, 0.15) is 26.4 Å². The van der Waals surface area contributed by atoms with Gasteiger partial charge in [-0.15, -0.1) is 0 Å². The predicted octanol–water partition coefficient (Wildman–Crippen LogP) is 4.21. The molecule has 0 bridgehead atoms. The minimum Gasteiger partial charge on any atom is -0.458 e. The largest absolute Gasteiger partial charge is 0.458 e. The fourth-order valence-electron chi connectivity index (χ4n) is 2.90. The Morgan fingerprint density at radius 3 is 1.12 bits per heavy atom. The second-order valence-corrected chi connectivity index (χ2v) is 6.69. The predicted molar refractivity (Wildman–Crippen MR) is 126 cm³/mol. The first kappa shape index (κ1) is 25.8. The number of esters is 4. The maximum Gasteiger partial charge on any atom is 0.339 e. The van der Waals surface area contributed by atoms with Gasteiger partial charge in [0.05, 0.1) is 22.3 Å². The highest BCUT2D eigenvalue weighted by atomic mass is 16.5. The van der Waals surface area contributed by atoms with Crippen LogP contribution in [0.4, 0.5) is 0 Å². The van der Waals surface area contributed by atoms with Crippen LogP contribution in [-0.2, 0) is 18.9 Å². The number of carbonyl (C=O) groups is 4. The van der Waals surface area contributed by atoms with Gasteiger partial charge in [-0.3, -0.25) is 0 Å². The smallest absolute Gasteiger partial charge is 0.339 e. The lowest BCUT2D eigenvalue weighted by Crippen LogP contribution is -2.14. The molecule has 0 aliphatic carbocycles. The van der Waals surface area contributed by atoms with Gasteiger partial charge in [-0.25, -0.2) is 19.2 Å². The average Bonchev–Trinajstić information content (AvgIpc) is 2.85. The monoisotopic (exact) mass is 464 g/mol. The van der Waals surface area contributed by atoms with Crippen molar-refractivity contribution in [3.8, 4) is 0 Å². The summed E-state index contributed by atoms with van der Waals surface area (Å²) in [5.74, 6) is -3.10. The Hall–Kier alpha value is -4.46. The second-order valence-electron chi connectivity index (χ2n) is 6.69. The first-order valence-electron chi connectivity index (χ1n) is 10.1. The summed E-state index contributed by atoms with van der Waals surface area (Å²) < 4.78 is 20.4. The molecule has 0 aliphatic heterocycles. The molecule has 0 N–H and O–H groups in total.